The first-order chi connectivity index (χ1) is 7.83. The number of ether oxygens (including phenoxy) is 1. The van der Waals surface area contributed by atoms with Crippen LogP contribution in [-0.4, -0.2) is 18.8 Å². The van der Waals surface area contributed by atoms with Crippen LogP contribution in [0.1, 0.15) is 24.5 Å². The van der Waals surface area contributed by atoms with Crippen LogP contribution in [0.4, 0.5) is 0 Å². The number of aliphatic hydroxyl groups is 1. The molecule has 0 fully saturated rings. The molecule has 1 heterocycles. The van der Waals surface area contributed by atoms with Crippen molar-refractivity contribution >= 4 is 21.4 Å². The van der Waals surface area contributed by atoms with Crippen LogP contribution >= 0.6 is 11.3 Å². The van der Waals surface area contributed by atoms with Crippen LogP contribution in [0.5, 0.6) is 0 Å². The largest absolute Gasteiger partial charge is 0.388 e. The Morgan fingerprint density at radius 2 is 2.25 bits per heavy atom. The molecule has 0 amide bonds. The van der Waals surface area contributed by atoms with Gasteiger partial charge in [-0.25, -0.2) is 0 Å². The molecule has 1 atom stereocenters. The Morgan fingerprint density at radius 1 is 1.38 bits per heavy atom. The molecule has 1 aromatic carbocycles. The lowest BCUT2D eigenvalue weighted by Crippen LogP contribution is -1.99. The van der Waals surface area contributed by atoms with E-state index in [4.69, 9.17) is 4.74 Å². The van der Waals surface area contributed by atoms with Gasteiger partial charge in [0, 0.05) is 18.4 Å². The van der Waals surface area contributed by atoms with Gasteiger partial charge in [0.1, 0.15) is 0 Å². The van der Waals surface area contributed by atoms with Crippen molar-refractivity contribution in [3.05, 3.63) is 35.2 Å². The number of thiophene rings is 1. The summed E-state index contributed by atoms with van der Waals surface area (Å²) in [5.41, 5.74) is 1.05. The summed E-state index contributed by atoms with van der Waals surface area (Å²) in [6, 6.07) is 8.18. The average molecular weight is 236 g/mol. The van der Waals surface area contributed by atoms with E-state index in [-0.39, 0.29) is 6.10 Å². The Bertz CT molecular complexity index is 450. The molecule has 86 valence electrons. The summed E-state index contributed by atoms with van der Waals surface area (Å²) in [6.07, 6.45) is 1.27. The zero-order valence-corrected chi connectivity index (χ0v) is 10.2. The molecule has 0 bridgehead atoms. The van der Waals surface area contributed by atoms with E-state index < -0.39 is 0 Å². The molecule has 0 saturated carbocycles. The van der Waals surface area contributed by atoms with Crippen LogP contribution in [0, 0.1) is 0 Å². The Morgan fingerprint density at radius 3 is 3.06 bits per heavy atom. The fourth-order valence-corrected chi connectivity index (χ4v) is 2.82. The maximum Gasteiger partial charge on any atom is 0.0804 e. The predicted molar refractivity (Wildman–Crippen MR) is 67.9 cm³/mol. The van der Waals surface area contributed by atoms with Crippen molar-refractivity contribution in [3.8, 4) is 0 Å². The quantitative estimate of drug-likeness (QED) is 0.807. The summed E-state index contributed by atoms with van der Waals surface area (Å²) in [4.78, 5) is 0. The van der Waals surface area contributed by atoms with Crippen LogP contribution in [-0.2, 0) is 4.74 Å². The fraction of sp³-hybridized carbons (Fsp3) is 0.385. The van der Waals surface area contributed by atoms with Gasteiger partial charge in [-0.2, -0.15) is 0 Å². The molecule has 16 heavy (non-hydrogen) atoms. The lowest BCUT2D eigenvalue weighted by molar-refractivity contribution is 0.137. The molecule has 3 heteroatoms. The molecule has 0 aliphatic carbocycles. The summed E-state index contributed by atoms with van der Waals surface area (Å²) >= 11 is 1.69. The fourth-order valence-electron chi connectivity index (χ4n) is 1.86. The Labute approximate surface area is 99.5 Å². The zero-order chi connectivity index (χ0) is 11.4. The van der Waals surface area contributed by atoms with E-state index in [2.05, 4.69) is 17.5 Å². The summed E-state index contributed by atoms with van der Waals surface area (Å²) in [5, 5.41) is 13.4. The van der Waals surface area contributed by atoms with Gasteiger partial charge in [0.2, 0.25) is 0 Å². The highest BCUT2D eigenvalue weighted by Gasteiger charge is 2.11. The second kappa shape index (κ2) is 5.43. The maximum atomic E-state index is 10.1. The third-order valence-electron chi connectivity index (χ3n) is 2.69. The lowest BCUT2D eigenvalue weighted by atomic mass is 10.0. The number of rotatable bonds is 5. The maximum absolute atomic E-state index is 10.1. The molecule has 0 saturated heterocycles. The van der Waals surface area contributed by atoms with E-state index in [1.54, 1.807) is 18.4 Å². The molecule has 0 aliphatic heterocycles. The van der Waals surface area contributed by atoms with Crippen LogP contribution in [0.3, 0.4) is 0 Å². The molecule has 1 N–H and O–H groups in total. The highest BCUT2D eigenvalue weighted by atomic mass is 32.1. The number of hydrogen-bond acceptors (Lipinski definition) is 3. The first-order valence-corrected chi connectivity index (χ1v) is 6.34. The van der Waals surface area contributed by atoms with Gasteiger partial charge in [-0.05, 0) is 35.2 Å². The number of methoxy groups -OCH3 is 1. The molecule has 2 rings (SSSR count). The summed E-state index contributed by atoms with van der Waals surface area (Å²) in [7, 11) is 1.69. The summed E-state index contributed by atoms with van der Waals surface area (Å²) in [6.45, 7) is 0.706. The number of fused-ring (bicyclic) bond motifs is 1. The monoisotopic (exact) mass is 236 g/mol. The highest BCUT2D eigenvalue weighted by Crippen LogP contribution is 2.30. The van der Waals surface area contributed by atoms with Gasteiger partial charge in [0.25, 0.3) is 0 Å². The number of aliphatic hydroxyl groups excluding tert-OH is 1. The van der Waals surface area contributed by atoms with E-state index in [9.17, 15) is 5.11 Å². The van der Waals surface area contributed by atoms with Gasteiger partial charge in [-0.15, -0.1) is 11.3 Å². The lowest BCUT2D eigenvalue weighted by Gasteiger charge is -2.11. The van der Waals surface area contributed by atoms with E-state index in [0.29, 0.717) is 6.61 Å². The minimum absolute atomic E-state index is 0.377. The van der Waals surface area contributed by atoms with Crippen molar-refractivity contribution < 1.29 is 9.84 Å². The van der Waals surface area contributed by atoms with Crippen LogP contribution in [0.15, 0.2) is 29.6 Å². The molecule has 2 nitrogen and oxygen atoms in total. The number of hydrogen-bond donors (Lipinski definition) is 1. The van der Waals surface area contributed by atoms with E-state index >= 15 is 0 Å². The normalized spacial score (nSPS) is 13.1. The topological polar surface area (TPSA) is 29.5 Å². The minimum atomic E-state index is -0.377. The second-order valence-corrected chi connectivity index (χ2v) is 4.75. The Kier molecular flexibility index (Phi) is 3.93. The van der Waals surface area contributed by atoms with Crippen molar-refractivity contribution in [2.75, 3.05) is 13.7 Å². The van der Waals surface area contributed by atoms with Gasteiger partial charge in [-0.3, -0.25) is 0 Å². The molecule has 2 aromatic rings. The van der Waals surface area contributed by atoms with Crippen LogP contribution in [0.25, 0.3) is 10.1 Å². The van der Waals surface area contributed by atoms with Gasteiger partial charge < -0.3 is 9.84 Å². The first kappa shape index (κ1) is 11.6. The smallest absolute Gasteiger partial charge is 0.0804 e. The van der Waals surface area contributed by atoms with Crippen molar-refractivity contribution in [1.82, 2.24) is 0 Å². The van der Waals surface area contributed by atoms with Gasteiger partial charge in [0.15, 0.2) is 0 Å². The second-order valence-electron chi connectivity index (χ2n) is 3.84. The van der Waals surface area contributed by atoms with E-state index in [1.807, 2.05) is 12.1 Å². The third-order valence-corrected chi connectivity index (χ3v) is 3.67. The van der Waals surface area contributed by atoms with Crippen molar-refractivity contribution in [1.29, 1.82) is 0 Å². The standard InChI is InChI=1S/C13H16O2S/c1-15-8-3-6-12(14)11-5-2-4-10-7-9-16-13(10)11/h2,4-5,7,9,12,14H,3,6,8H2,1H3. The molecule has 0 radical (unpaired) electrons. The van der Waals surface area contributed by atoms with Crippen molar-refractivity contribution in [2.24, 2.45) is 0 Å². The first-order valence-electron chi connectivity index (χ1n) is 5.46. The molecule has 0 spiro atoms. The van der Waals surface area contributed by atoms with Gasteiger partial charge in [-0.1, -0.05) is 18.2 Å². The van der Waals surface area contributed by atoms with E-state index in [1.165, 1.54) is 10.1 Å². The summed E-state index contributed by atoms with van der Waals surface area (Å²) in [5.74, 6) is 0. The van der Waals surface area contributed by atoms with Crippen LogP contribution in [0.2, 0.25) is 0 Å². The molecule has 1 aromatic heterocycles. The Balaban J connectivity index is 2.15. The van der Waals surface area contributed by atoms with Crippen LogP contribution < -0.4 is 0 Å². The molecular weight excluding hydrogens is 220 g/mol. The molecular formula is C13H16O2S. The third kappa shape index (κ3) is 2.43. The predicted octanol–water partition coefficient (Wildman–Crippen LogP) is 3.36. The van der Waals surface area contributed by atoms with E-state index in [0.717, 1.165) is 18.4 Å². The van der Waals surface area contributed by atoms with Crippen molar-refractivity contribution in [2.45, 2.75) is 18.9 Å². The average Bonchev–Trinajstić information content (AvgIpc) is 2.76. The summed E-state index contributed by atoms with van der Waals surface area (Å²) < 4.78 is 6.19. The van der Waals surface area contributed by atoms with Gasteiger partial charge in [0.05, 0.1) is 6.10 Å². The SMILES string of the molecule is COCCCC(O)c1cccc2ccsc12. The zero-order valence-electron chi connectivity index (χ0n) is 9.35. The molecule has 1 unspecified atom stereocenters. The minimum Gasteiger partial charge on any atom is -0.388 e. The molecule has 0 aliphatic rings. The van der Waals surface area contributed by atoms with Crippen molar-refractivity contribution in [3.63, 3.8) is 0 Å². The van der Waals surface area contributed by atoms with Gasteiger partial charge >= 0.3 is 0 Å². The Hall–Kier alpha value is -0.900. The number of benzene rings is 1. The highest BCUT2D eigenvalue weighted by molar-refractivity contribution is 7.17.